The highest BCUT2D eigenvalue weighted by Gasteiger charge is 2.20. The molecule has 0 aliphatic carbocycles. The van der Waals surface area contributed by atoms with Gasteiger partial charge in [-0.2, -0.15) is 0 Å². The average Bonchev–Trinajstić information content (AvgIpc) is 2.27. The van der Waals surface area contributed by atoms with E-state index in [0.29, 0.717) is 6.04 Å². The van der Waals surface area contributed by atoms with Gasteiger partial charge >= 0.3 is 0 Å². The Bertz CT molecular complexity index is 306. The van der Waals surface area contributed by atoms with Gasteiger partial charge in [-0.15, -0.1) is 0 Å². The molecule has 76 valence electrons. The number of anilines is 1. The second kappa shape index (κ2) is 4.01. The standard InChI is InChI=1S/C12H18N2/c1-3-9-5-4-6-11-12(9)10(13-2)7-8-14-11/h4-6,10,13-14H,3,7-8H2,1-2H3. The molecule has 2 nitrogen and oxygen atoms in total. The van der Waals surface area contributed by atoms with E-state index in [2.05, 4.69) is 35.8 Å². The second-order valence-electron chi connectivity index (χ2n) is 3.79. The van der Waals surface area contributed by atoms with E-state index < -0.39 is 0 Å². The van der Waals surface area contributed by atoms with Gasteiger partial charge in [-0.1, -0.05) is 19.1 Å². The van der Waals surface area contributed by atoms with Crippen molar-refractivity contribution in [3.63, 3.8) is 0 Å². The molecule has 1 unspecified atom stereocenters. The Morgan fingerprint density at radius 1 is 1.50 bits per heavy atom. The highest BCUT2D eigenvalue weighted by Crippen LogP contribution is 2.32. The number of hydrogen-bond acceptors (Lipinski definition) is 2. The van der Waals surface area contributed by atoms with Gasteiger partial charge in [0.2, 0.25) is 0 Å². The molecule has 0 fully saturated rings. The van der Waals surface area contributed by atoms with Gasteiger partial charge in [0.1, 0.15) is 0 Å². The molecule has 0 spiro atoms. The van der Waals surface area contributed by atoms with Gasteiger partial charge < -0.3 is 10.6 Å². The van der Waals surface area contributed by atoms with Crippen LogP contribution in [0.15, 0.2) is 18.2 Å². The van der Waals surface area contributed by atoms with Gasteiger partial charge in [-0.05, 0) is 37.1 Å². The lowest BCUT2D eigenvalue weighted by Gasteiger charge is -2.28. The summed E-state index contributed by atoms with van der Waals surface area (Å²) in [4.78, 5) is 0. The van der Waals surface area contributed by atoms with Crippen molar-refractivity contribution < 1.29 is 0 Å². The zero-order valence-electron chi connectivity index (χ0n) is 8.93. The van der Waals surface area contributed by atoms with Crippen LogP contribution in [-0.2, 0) is 6.42 Å². The third-order valence-electron chi connectivity index (χ3n) is 3.02. The van der Waals surface area contributed by atoms with E-state index in [0.717, 1.165) is 13.0 Å². The van der Waals surface area contributed by atoms with Gasteiger partial charge in [-0.25, -0.2) is 0 Å². The fourth-order valence-electron chi connectivity index (χ4n) is 2.27. The fraction of sp³-hybridized carbons (Fsp3) is 0.500. The van der Waals surface area contributed by atoms with Crippen LogP contribution in [0.1, 0.15) is 30.5 Å². The van der Waals surface area contributed by atoms with Gasteiger partial charge in [-0.3, -0.25) is 0 Å². The molecule has 2 heteroatoms. The van der Waals surface area contributed by atoms with Gasteiger partial charge in [0, 0.05) is 18.3 Å². The van der Waals surface area contributed by atoms with E-state index in [1.165, 1.54) is 23.2 Å². The van der Waals surface area contributed by atoms with Crippen LogP contribution < -0.4 is 10.6 Å². The molecule has 0 saturated heterocycles. The molecule has 1 aromatic rings. The summed E-state index contributed by atoms with van der Waals surface area (Å²) in [5, 5.41) is 6.86. The first-order valence-corrected chi connectivity index (χ1v) is 5.39. The molecule has 1 aromatic carbocycles. The number of hydrogen-bond donors (Lipinski definition) is 2. The minimum absolute atomic E-state index is 0.530. The van der Waals surface area contributed by atoms with Crippen molar-refractivity contribution in [2.45, 2.75) is 25.8 Å². The molecule has 0 amide bonds. The van der Waals surface area contributed by atoms with Crippen LogP contribution in [0.4, 0.5) is 5.69 Å². The highest BCUT2D eigenvalue weighted by molar-refractivity contribution is 5.58. The lowest BCUT2D eigenvalue weighted by molar-refractivity contribution is 0.547. The van der Waals surface area contributed by atoms with Crippen molar-refractivity contribution in [3.05, 3.63) is 29.3 Å². The summed E-state index contributed by atoms with van der Waals surface area (Å²) in [6.07, 6.45) is 2.30. The molecule has 14 heavy (non-hydrogen) atoms. The summed E-state index contributed by atoms with van der Waals surface area (Å²) in [6, 6.07) is 7.08. The molecular weight excluding hydrogens is 172 g/mol. The molecule has 1 atom stereocenters. The predicted octanol–water partition coefficient (Wildman–Crippen LogP) is 2.33. The SMILES string of the molecule is CCc1cccc2c1C(NC)CCN2. The maximum Gasteiger partial charge on any atom is 0.0391 e. The maximum absolute atomic E-state index is 3.46. The Balaban J connectivity index is 2.46. The van der Waals surface area contributed by atoms with E-state index in [1.807, 2.05) is 7.05 Å². The Morgan fingerprint density at radius 3 is 3.07 bits per heavy atom. The summed E-state index contributed by atoms with van der Waals surface area (Å²) < 4.78 is 0. The first-order valence-electron chi connectivity index (χ1n) is 5.39. The summed E-state index contributed by atoms with van der Waals surface area (Å²) in [6.45, 7) is 3.29. The van der Waals surface area contributed by atoms with Crippen molar-refractivity contribution >= 4 is 5.69 Å². The van der Waals surface area contributed by atoms with Crippen molar-refractivity contribution in [1.29, 1.82) is 0 Å². The second-order valence-corrected chi connectivity index (χ2v) is 3.79. The van der Waals surface area contributed by atoms with Gasteiger partial charge in [0.25, 0.3) is 0 Å². The molecule has 0 aromatic heterocycles. The van der Waals surface area contributed by atoms with Crippen molar-refractivity contribution in [2.75, 3.05) is 18.9 Å². The average molecular weight is 190 g/mol. The number of nitrogens with one attached hydrogen (secondary N) is 2. The fourth-order valence-corrected chi connectivity index (χ4v) is 2.27. The maximum atomic E-state index is 3.46. The topological polar surface area (TPSA) is 24.1 Å². The number of fused-ring (bicyclic) bond motifs is 1. The van der Waals surface area contributed by atoms with Crippen LogP contribution in [0.5, 0.6) is 0 Å². The quantitative estimate of drug-likeness (QED) is 0.748. The Kier molecular flexibility index (Phi) is 2.73. The molecule has 2 rings (SSSR count). The van der Waals surface area contributed by atoms with Crippen molar-refractivity contribution in [2.24, 2.45) is 0 Å². The Morgan fingerprint density at radius 2 is 2.36 bits per heavy atom. The monoisotopic (exact) mass is 190 g/mol. The molecule has 2 N–H and O–H groups in total. The van der Waals surface area contributed by atoms with E-state index in [4.69, 9.17) is 0 Å². The molecule has 1 aliphatic rings. The lowest BCUT2D eigenvalue weighted by Crippen LogP contribution is -2.26. The van der Waals surface area contributed by atoms with E-state index in [9.17, 15) is 0 Å². The largest absolute Gasteiger partial charge is 0.385 e. The third kappa shape index (κ3) is 1.50. The highest BCUT2D eigenvalue weighted by atomic mass is 15.0. The Hall–Kier alpha value is -1.02. The molecule has 0 bridgehead atoms. The van der Waals surface area contributed by atoms with Crippen LogP contribution in [0.2, 0.25) is 0 Å². The summed E-state index contributed by atoms with van der Waals surface area (Å²) >= 11 is 0. The number of aryl methyl sites for hydroxylation is 1. The molecular formula is C12H18N2. The van der Waals surface area contributed by atoms with E-state index in [1.54, 1.807) is 0 Å². The molecule has 1 heterocycles. The number of rotatable bonds is 2. The van der Waals surface area contributed by atoms with Crippen molar-refractivity contribution in [3.8, 4) is 0 Å². The zero-order chi connectivity index (χ0) is 9.97. The lowest BCUT2D eigenvalue weighted by atomic mass is 9.92. The van der Waals surface area contributed by atoms with Crippen LogP contribution >= 0.6 is 0 Å². The Labute approximate surface area is 85.7 Å². The first-order chi connectivity index (χ1) is 6.86. The summed E-state index contributed by atoms with van der Waals surface area (Å²) in [7, 11) is 2.05. The smallest absolute Gasteiger partial charge is 0.0391 e. The van der Waals surface area contributed by atoms with Gasteiger partial charge in [0.05, 0.1) is 0 Å². The molecule has 1 aliphatic heterocycles. The van der Waals surface area contributed by atoms with Crippen LogP contribution in [0.25, 0.3) is 0 Å². The minimum atomic E-state index is 0.530. The van der Waals surface area contributed by atoms with E-state index in [-0.39, 0.29) is 0 Å². The normalized spacial score (nSPS) is 20.0. The zero-order valence-corrected chi connectivity index (χ0v) is 8.93. The molecule has 0 saturated carbocycles. The van der Waals surface area contributed by atoms with Crippen molar-refractivity contribution in [1.82, 2.24) is 5.32 Å². The number of benzene rings is 1. The van der Waals surface area contributed by atoms with E-state index >= 15 is 0 Å². The summed E-state index contributed by atoms with van der Waals surface area (Å²) in [5.41, 5.74) is 4.26. The minimum Gasteiger partial charge on any atom is -0.385 e. The van der Waals surface area contributed by atoms with Crippen LogP contribution in [0, 0.1) is 0 Å². The molecule has 0 radical (unpaired) electrons. The summed E-state index contributed by atoms with van der Waals surface area (Å²) in [5.74, 6) is 0. The van der Waals surface area contributed by atoms with Gasteiger partial charge in [0.15, 0.2) is 0 Å². The van der Waals surface area contributed by atoms with Crippen LogP contribution in [-0.4, -0.2) is 13.6 Å². The predicted molar refractivity (Wildman–Crippen MR) is 60.7 cm³/mol. The first kappa shape index (κ1) is 9.53. The van der Waals surface area contributed by atoms with Crippen LogP contribution in [0.3, 0.4) is 0 Å². The third-order valence-corrected chi connectivity index (χ3v) is 3.02.